The molecule has 1 aliphatic rings. The van der Waals surface area contributed by atoms with Crippen molar-refractivity contribution in [3.05, 3.63) is 18.0 Å². The summed E-state index contributed by atoms with van der Waals surface area (Å²) in [5.74, 6) is 0.754. The van der Waals surface area contributed by atoms with E-state index in [1.807, 2.05) is 6.20 Å². The molecule has 2 unspecified atom stereocenters. The number of nitrogens with one attached hydrogen (secondary N) is 1. The van der Waals surface area contributed by atoms with Crippen LogP contribution < -0.4 is 5.32 Å². The van der Waals surface area contributed by atoms with Gasteiger partial charge >= 0.3 is 0 Å². The molecule has 0 aromatic carbocycles. The predicted molar refractivity (Wildman–Crippen MR) is 66.2 cm³/mol. The summed E-state index contributed by atoms with van der Waals surface area (Å²) >= 11 is 0. The van der Waals surface area contributed by atoms with Gasteiger partial charge in [-0.3, -0.25) is 4.68 Å². The Balaban J connectivity index is 2.17. The van der Waals surface area contributed by atoms with Crippen LogP contribution in [-0.4, -0.2) is 16.8 Å². The summed E-state index contributed by atoms with van der Waals surface area (Å²) in [6, 6.07) is 2.62. The van der Waals surface area contributed by atoms with Crippen molar-refractivity contribution in [1.82, 2.24) is 15.1 Å². The quantitative estimate of drug-likeness (QED) is 0.828. The van der Waals surface area contributed by atoms with Crippen LogP contribution in [0.5, 0.6) is 0 Å². The van der Waals surface area contributed by atoms with Crippen LogP contribution in [0.3, 0.4) is 0 Å². The molecular weight excluding hydrogens is 198 g/mol. The van der Waals surface area contributed by atoms with Crippen molar-refractivity contribution in [2.45, 2.75) is 46.2 Å². The van der Waals surface area contributed by atoms with E-state index in [0.717, 1.165) is 18.9 Å². The standard InChI is InChI=1S/C13H23N3/c1-5-8-16-11(6-7-15-16)12(14-4)10-9-13(10,2)3/h6-7,10,12,14H,5,8-9H2,1-4H3. The van der Waals surface area contributed by atoms with E-state index < -0.39 is 0 Å². The highest BCUT2D eigenvalue weighted by Crippen LogP contribution is 2.57. The molecule has 0 saturated heterocycles. The molecule has 3 heteroatoms. The van der Waals surface area contributed by atoms with Gasteiger partial charge in [0.15, 0.2) is 0 Å². The predicted octanol–water partition coefficient (Wildman–Crippen LogP) is 2.60. The zero-order valence-corrected chi connectivity index (χ0v) is 10.8. The summed E-state index contributed by atoms with van der Waals surface area (Å²) in [5.41, 5.74) is 1.84. The maximum Gasteiger partial charge on any atom is 0.0556 e. The zero-order chi connectivity index (χ0) is 11.8. The first-order valence-corrected chi connectivity index (χ1v) is 6.29. The number of rotatable bonds is 5. The van der Waals surface area contributed by atoms with Crippen LogP contribution in [0.15, 0.2) is 12.3 Å². The SMILES string of the molecule is CCCn1nccc1C(NC)C1CC1(C)C. The minimum absolute atomic E-state index is 0.462. The molecule has 1 aromatic heterocycles. The second-order valence-electron chi connectivity index (χ2n) is 5.54. The van der Waals surface area contributed by atoms with Crippen molar-refractivity contribution in [3.8, 4) is 0 Å². The maximum atomic E-state index is 4.41. The topological polar surface area (TPSA) is 29.9 Å². The molecule has 16 heavy (non-hydrogen) atoms. The molecule has 0 bridgehead atoms. The molecule has 2 rings (SSSR count). The van der Waals surface area contributed by atoms with Crippen LogP contribution in [-0.2, 0) is 6.54 Å². The Bertz CT molecular complexity index is 354. The molecule has 1 fully saturated rings. The molecule has 0 amide bonds. The van der Waals surface area contributed by atoms with Crippen LogP contribution in [0.4, 0.5) is 0 Å². The minimum atomic E-state index is 0.462. The largest absolute Gasteiger partial charge is 0.311 e. The lowest BCUT2D eigenvalue weighted by atomic mass is 10.0. The smallest absolute Gasteiger partial charge is 0.0556 e. The average Bonchev–Trinajstić information content (AvgIpc) is 2.66. The number of aromatic nitrogens is 2. The monoisotopic (exact) mass is 221 g/mol. The number of aryl methyl sites for hydroxylation is 1. The molecule has 0 radical (unpaired) electrons. The van der Waals surface area contributed by atoms with Gasteiger partial charge in [-0.2, -0.15) is 5.10 Å². The molecule has 1 aromatic rings. The highest BCUT2D eigenvalue weighted by atomic mass is 15.3. The third-order valence-electron chi connectivity index (χ3n) is 3.81. The molecule has 3 nitrogen and oxygen atoms in total. The lowest BCUT2D eigenvalue weighted by Crippen LogP contribution is -2.24. The zero-order valence-electron chi connectivity index (χ0n) is 10.8. The van der Waals surface area contributed by atoms with Crippen molar-refractivity contribution in [1.29, 1.82) is 0 Å². The van der Waals surface area contributed by atoms with Crippen molar-refractivity contribution in [2.75, 3.05) is 7.05 Å². The van der Waals surface area contributed by atoms with Gasteiger partial charge in [-0.1, -0.05) is 20.8 Å². The van der Waals surface area contributed by atoms with Crippen molar-refractivity contribution in [3.63, 3.8) is 0 Å². The Morgan fingerprint density at radius 2 is 2.31 bits per heavy atom. The first-order valence-electron chi connectivity index (χ1n) is 6.29. The number of nitrogens with zero attached hydrogens (tertiary/aromatic N) is 2. The normalized spacial score (nSPS) is 24.4. The Morgan fingerprint density at radius 1 is 1.62 bits per heavy atom. The van der Waals surface area contributed by atoms with Gasteiger partial charge in [0.2, 0.25) is 0 Å². The first kappa shape index (κ1) is 11.6. The maximum absolute atomic E-state index is 4.41. The average molecular weight is 221 g/mol. The lowest BCUT2D eigenvalue weighted by molar-refractivity contribution is 0.408. The van der Waals surface area contributed by atoms with E-state index in [4.69, 9.17) is 0 Å². The molecule has 1 N–H and O–H groups in total. The summed E-state index contributed by atoms with van der Waals surface area (Å²) in [4.78, 5) is 0. The van der Waals surface area contributed by atoms with Crippen molar-refractivity contribution < 1.29 is 0 Å². The summed E-state index contributed by atoms with van der Waals surface area (Å²) in [7, 11) is 2.06. The molecule has 1 heterocycles. The Hall–Kier alpha value is -0.830. The Morgan fingerprint density at radius 3 is 2.81 bits per heavy atom. The molecule has 90 valence electrons. The third kappa shape index (κ3) is 2.01. The van der Waals surface area contributed by atoms with E-state index in [1.54, 1.807) is 0 Å². The van der Waals surface area contributed by atoms with Crippen LogP contribution in [0.2, 0.25) is 0 Å². The van der Waals surface area contributed by atoms with Gasteiger partial charge in [-0.05, 0) is 37.3 Å². The van der Waals surface area contributed by atoms with Crippen LogP contribution in [0, 0.1) is 11.3 Å². The molecule has 2 atom stereocenters. The summed E-state index contributed by atoms with van der Waals surface area (Å²) < 4.78 is 2.15. The van der Waals surface area contributed by atoms with Crippen LogP contribution >= 0.6 is 0 Å². The summed E-state index contributed by atoms with van der Waals surface area (Å²) in [6.07, 6.45) is 4.37. The van der Waals surface area contributed by atoms with Gasteiger partial charge in [0.1, 0.15) is 0 Å². The summed E-state index contributed by atoms with van der Waals surface area (Å²) in [5, 5.41) is 7.87. The Kier molecular flexibility index (Phi) is 3.06. The first-order chi connectivity index (χ1) is 7.60. The van der Waals surface area contributed by atoms with Crippen LogP contribution in [0.1, 0.15) is 45.3 Å². The molecule has 1 saturated carbocycles. The van der Waals surface area contributed by atoms with Gasteiger partial charge in [-0.25, -0.2) is 0 Å². The van der Waals surface area contributed by atoms with E-state index in [1.165, 1.54) is 12.1 Å². The molecule has 1 aliphatic carbocycles. The fourth-order valence-electron chi connectivity index (χ4n) is 2.64. The molecular formula is C13H23N3. The molecule has 0 aliphatic heterocycles. The van der Waals surface area contributed by atoms with Gasteiger partial charge in [0, 0.05) is 12.7 Å². The fourth-order valence-corrected chi connectivity index (χ4v) is 2.64. The number of hydrogen-bond donors (Lipinski definition) is 1. The molecule has 0 spiro atoms. The van der Waals surface area contributed by atoms with Gasteiger partial charge in [0.25, 0.3) is 0 Å². The van der Waals surface area contributed by atoms with E-state index >= 15 is 0 Å². The van der Waals surface area contributed by atoms with Crippen LogP contribution in [0.25, 0.3) is 0 Å². The lowest BCUT2D eigenvalue weighted by Gasteiger charge is -2.19. The minimum Gasteiger partial charge on any atom is -0.311 e. The second kappa shape index (κ2) is 4.21. The second-order valence-corrected chi connectivity index (χ2v) is 5.54. The van der Waals surface area contributed by atoms with Crippen molar-refractivity contribution in [2.24, 2.45) is 11.3 Å². The van der Waals surface area contributed by atoms with E-state index in [9.17, 15) is 0 Å². The van der Waals surface area contributed by atoms with E-state index in [2.05, 4.69) is 49.0 Å². The fraction of sp³-hybridized carbons (Fsp3) is 0.769. The number of hydrogen-bond acceptors (Lipinski definition) is 2. The summed E-state index contributed by atoms with van der Waals surface area (Å²) in [6.45, 7) is 7.92. The Labute approximate surface area is 98.2 Å². The van der Waals surface area contributed by atoms with E-state index in [0.29, 0.717) is 11.5 Å². The van der Waals surface area contributed by atoms with Gasteiger partial charge < -0.3 is 5.32 Å². The van der Waals surface area contributed by atoms with Crippen molar-refractivity contribution >= 4 is 0 Å². The van der Waals surface area contributed by atoms with E-state index in [-0.39, 0.29) is 0 Å². The third-order valence-corrected chi connectivity index (χ3v) is 3.81. The highest BCUT2D eigenvalue weighted by Gasteiger charge is 2.50. The van der Waals surface area contributed by atoms with Gasteiger partial charge in [-0.15, -0.1) is 0 Å². The highest BCUT2D eigenvalue weighted by molar-refractivity contribution is 5.15. The van der Waals surface area contributed by atoms with Gasteiger partial charge in [0.05, 0.1) is 11.7 Å².